The monoisotopic (exact) mass is 580 g/mol. The summed E-state index contributed by atoms with van der Waals surface area (Å²) in [5.41, 5.74) is -0.0355. The molecule has 5 rings (SSSR count). The molecule has 1 aromatic carbocycles. The van der Waals surface area contributed by atoms with Gasteiger partial charge in [-0.25, -0.2) is 4.99 Å². The van der Waals surface area contributed by atoms with Gasteiger partial charge in [0.1, 0.15) is 5.66 Å². The number of allylic oxidation sites excluding steroid dienone is 1. The first-order chi connectivity index (χ1) is 19.8. The Kier molecular flexibility index (Phi) is 7.89. The van der Waals surface area contributed by atoms with Gasteiger partial charge in [-0.05, 0) is 62.5 Å². The predicted octanol–water partition coefficient (Wildman–Crippen LogP) is 5.36. The number of halogens is 3. The number of hydrogen-bond acceptors (Lipinski definition) is 7. The number of dihydropyridines is 1. The van der Waals surface area contributed by atoms with Crippen molar-refractivity contribution in [2.75, 3.05) is 20.1 Å². The summed E-state index contributed by atoms with van der Waals surface area (Å²) in [5, 5.41) is 10.8. The molecule has 0 bridgehead atoms. The molecule has 222 valence electrons. The fourth-order valence-corrected chi connectivity index (χ4v) is 5.68. The summed E-state index contributed by atoms with van der Waals surface area (Å²) in [5.74, 6) is 0.411. The van der Waals surface area contributed by atoms with Gasteiger partial charge in [0.2, 0.25) is 5.90 Å². The van der Waals surface area contributed by atoms with Crippen LogP contribution >= 0.6 is 0 Å². The number of rotatable bonds is 6. The number of nitriles is 1. The van der Waals surface area contributed by atoms with Crippen LogP contribution in [0.25, 0.3) is 0 Å². The van der Waals surface area contributed by atoms with Crippen LogP contribution in [0.4, 0.5) is 13.2 Å². The maximum atomic E-state index is 13.5. The SMILES string of the molecule is CN1OC(c2ccc(=O)n(CC3=CC=NC(C)(N4CCC(C#N)CC4)C3)c2)=NC1c1ccc(C(C)(C)C(F)(F)F)cc1. The number of hydroxylamine groups is 2. The third-order valence-corrected chi connectivity index (χ3v) is 8.64. The van der Waals surface area contributed by atoms with Crippen molar-refractivity contribution in [3.8, 4) is 6.07 Å². The molecule has 2 unspecified atom stereocenters. The summed E-state index contributed by atoms with van der Waals surface area (Å²) in [6.45, 7) is 6.41. The largest absolute Gasteiger partial charge is 0.397 e. The Balaban J connectivity index is 1.31. The summed E-state index contributed by atoms with van der Waals surface area (Å²) in [7, 11) is 1.71. The molecule has 0 radical (unpaired) electrons. The Morgan fingerprint density at radius 1 is 1.12 bits per heavy atom. The minimum absolute atomic E-state index is 0.0917. The van der Waals surface area contributed by atoms with Gasteiger partial charge in [0.15, 0.2) is 6.17 Å². The van der Waals surface area contributed by atoms with E-state index in [0.29, 0.717) is 30.0 Å². The van der Waals surface area contributed by atoms with Gasteiger partial charge in [-0.2, -0.15) is 18.4 Å². The van der Waals surface area contributed by atoms with Crippen molar-refractivity contribution in [3.63, 3.8) is 0 Å². The number of likely N-dealkylation sites (tertiary alicyclic amines) is 1. The third-order valence-electron chi connectivity index (χ3n) is 8.64. The van der Waals surface area contributed by atoms with Crippen molar-refractivity contribution in [1.29, 1.82) is 5.26 Å². The molecule has 1 aromatic heterocycles. The highest BCUT2D eigenvalue weighted by Gasteiger charge is 2.48. The number of piperidine rings is 1. The topological polar surface area (TPSA) is 86.2 Å². The molecule has 0 N–H and O–H groups in total. The van der Waals surface area contributed by atoms with E-state index in [9.17, 15) is 23.2 Å². The van der Waals surface area contributed by atoms with Crippen molar-refractivity contribution in [2.45, 2.75) is 70.0 Å². The van der Waals surface area contributed by atoms with Crippen LogP contribution in [0.2, 0.25) is 0 Å². The van der Waals surface area contributed by atoms with Gasteiger partial charge in [0.05, 0.1) is 17.0 Å². The summed E-state index contributed by atoms with van der Waals surface area (Å²) < 4.78 is 42.1. The lowest BCUT2D eigenvalue weighted by Gasteiger charge is -2.43. The van der Waals surface area contributed by atoms with Gasteiger partial charge in [-0.1, -0.05) is 24.3 Å². The van der Waals surface area contributed by atoms with Crippen LogP contribution in [-0.4, -0.2) is 58.6 Å². The molecule has 1 saturated heterocycles. The molecule has 0 aliphatic carbocycles. The maximum absolute atomic E-state index is 13.5. The molecule has 0 saturated carbocycles. The molecule has 2 atom stereocenters. The standard InChI is InChI=1S/C31H35F3N6O2/c1-29(2,31(32,33)34)25-8-5-23(6-9-25)27-37-28(42-38(27)4)24-7-10-26(41)39(20-24)19-22-11-14-36-30(3,17-22)40-15-12-21(18-35)13-16-40/h5-11,14,20-21,27H,12-13,15-17,19H2,1-4H3. The average molecular weight is 581 g/mol. The number of benzene rings is 1. The second-order valence-corrected chi connectivity index (χ2v) is 12.0. The van der Waals surface area contributed by atoms with Crippen LogP contribution in [0.3, 0.4) is 0 Å². The fraction of sp³-hybridized carbons (Fsp3) is 0.484. The molecule has 1 fully saturated rings. The number of pyridine rings is 1. The Bertz CT molecular complexity index is 1510. The molecule has 2 aromatic rings. The van der Waals surface area contributed by atoms with E-state index in [-0.39, 0.29) is 17.0 Å². The molecule has 4 heterocycles. The van der Waals surface area contributed by atoms with Crippen molar-refractivity contribution >= 4 is 12.1 Å². The second kappa shape index (κ2) is 11.2. The van der Waals surface area contributed by atoms with E-state index in [1.165, 1.54) is 23.3 Å². The van der Waals surface area contributed by atoms with Crippen LogP contribution in [0.1, 0.15) is 62.9 Å². The zero-order valence-electron chi connectivity index (χ0n) is 24.2. The van der Waals surface area contributed by atoms with Gasteiger partial charge in [-0.15, -0.1) is 5.06 Å². The van der Waals surface area contributed by atoms with Gasteiger partial charge in [0, 0.05) is 57.5 Å². The Morgan fingerprint density at radius 3 is 2.45 bits per heavy atom. The minimum Gasteiger partial charge on any atom is -0.383 e. The number of alkyl halides is 3. The van der Waals surface area contributed by atoms with Gasteiger partial charge >= 0.3 is 6.18 Å². The van der Waals surface area contributed by atoms with Crippen molar-refractivity contribution < 1.29 is 18.0 Å². The second-order valence-electron chi connectivity index (χ2n) is 12.0. The van der Waals surface area contributed by atoms with Crippen LogP contribution in [0, 0.1) is 17.2 Å². The first-order valence-corrected chi connectivity index (χ1v) is 14.1. The number of nitrogens with zero attached hydrogens (tertiary/aromatic N) is 6. The first kappa shape index (κ1) is 29.7. The van der Waals surface area contributed by atoms with E-state index < -0.39 is 23.4 Å². The minimum atomic E-state index is -4.37. The van der Waals surface area contributed by atoms with Gasteiger partial charge in [-0.3, -0.25) is 14.7 Å². The van der Waals surface area contributed by atoms with Crippen LogP contribution in [0.15, 0.2) is 69.0 Å². The number of hydrogen-bond donors (Lipinski definition) is 0. The van der Waals surface area contributed by atoms with Crippen molar-refractivity contribution in [3.05, 3.63) is 81.3 Å². The highest BCUT2D eigenvalue weighted by Crippen LogP contribution is 2.41. The normalized spacial score (nSPS) is 24.2. The smallest absolute Gasteiger partial charge is 0.383 e. The van der Waals surface area contributed by atoms with E-state index in [2.05, 4.69) is 22.9 Å². The summed E-state index contributed by atoms with van der Waals surface area (Å²) in [6.07, 6.45) is 2.87. The number of aromatic nitrogens is 1. The molecule has 3 aliphatic rings. The third kappa shape index (κ3) is 5.78. The van der Waals surface area contributed by atoms with Gasteiger partial charge < -0.3 is 9.40 Å². The molecule has 11 heteroatoms. The van der Waals surface area contributed by atoms with E-state index >= 15 is 0 Å². The Hall–Kier alpha value is -3.75. The quantitative estimate of drug-likeness (QED) is 0.459. The van der Waals surface area contributed by atoms with Crippen molar-refractivity contribution in [2.24, 2.45) is 15.9 Å². The van der Waals surface area contributed by atoms with E-state index in [0.717, 1.165) is 45.4 Å². The molecular formula is C31H35F3N6O2. The molecule has 42 heavy (non-hydrogen) atoms. The van der Waals surface area contributed by atoms with Gasteiger partial charge in [0.25, 0.3) is 5.56 Å². The maximum Gasteiger partial charge on any atom is 0.397 e. The Labute approximate surface area is 243 Å². The van der Waals surface area contributed by atoms with E-state index in [4.69, 9.17) is 9.83 Å². The predicted molar refractivity (Wildman–Crippen MR) is 154 cm³/mol. The summed E-state index contributed by atoms with van der Waals surface area (Å²) >= 11 is 0. The lowest BCUT2D eigenvalue weighted by Crippen LogP contribution is -2.50. The molecule has 3 aliphatic heterocycles. The summed E-state index contributed by atoms with van der Waals surface area (Å²) in [6, 6.07) is 11.7. The lowest BCUT2D eigenvalue weighted by atomic mass is 9.83. The molecule has 8 nitrogen and oxygen atoms in total. The highest BCUT2D eigenvalue weighted by molar-refractivity contribution is 5.94. The molecular weight excluding hydrogens is 545 g/mol. The van der Waals surface area contributed by atoms with Crippen LogP contribution in [0.5, 0.6) is 0 Å². The first-order valence-electron chi connectivity index (χ1n) is 14.1. The van der Waals surface area contributed by atoms with Crippen LogP contribution in [-0.2, 0) is 16.8 Å². The zero-order chi connectivity index (χ0) is 30.3. The fourth-order valence-electron chi connectivity index (χ4n) is 5.68. The highest BCUT2D eigenvalue weighted by atomic mass is 19.4. The van der Waals surface area contributed by atoms with Crippen molar-refractivity contribution in [1.82, 2.24) is 14.5 Å². The summed E-state index contributed by atoms with van der Waals surface area (Å²) in [4.78, 5) is 30.5. The van der Waals surface area contributed by atoms with Crippen LogP contribution < -0.4 is 5.56 Å². The Morgan fingerprint density at radius 2 is 1.81 bits per heavy atom. The molecule has 0 spiro atoms. The number of aliphatic imine (C=N–C) groups is 2. The zero-order valence-corrected chi connectivity index (χ0v) is 24.2. The average Bonchev–Trinajstić information content (AvgIpc) is 3.35. The molecule has 0 amide bonds. The lowest BCUT2D eigenvalue weighted by molar-refractivity contribution is -0.180. The van der Waals surface area contributed by atoms with E-state index in [1.807, 2.05) is 6.08 Å². The van der Waals surface area contributed by atoms with E-state index in [1.54, 1.807) is 42.2 Å².